The van der Waals surface area contributed by atoms with Crippen LogP contribution in [0.15, 0.2) is 6.07 Å². The molecule has 1 fully saturated rings. The summed E-state index contributed by atoms with van der Waals surface area (Å²) in [6.07, 6.45) is 6.53. The molecule has 2 nitrogen and oxygen atoms in total. The summed E-state index contributed by atoms with van der Waals surface area (Å²) >= 11 is 0. The fraction of sp³-hybridized carbons (Fsp3) is 0.700. The Kier molecular flexibility index (Phi) is 2.15. The summed E-state index contributed by atoms with van der Waals surface area (Å²) in [4.78, 5) is 0. The lowest BCUT2D eigenvalue weighted by Crippen LogP contribution is -1.91. The molecule has 66 valence electrons. The first-order chi connectivity index (χ1) is 5.90. The van der Waals surface area contributed by atoms with E-state index in [4.69, 9.17) is 0 Å². The molecule has 0 atom stereocenters. The van der Waals surface area contributed by atoms with E-state index in [1.54, 1.807) is 0 Å². The van der Waals surface area contributed by atoms with Crippen LogP contribution in [0.4, 0.5) is 0 Å². The summed E-state index contributed by atoms with van der Waals surface area (Å²) in [5.41, 5.74) is 2.57. The monoisotopic (exact) mass is 164 g/mol. The summed E-state index contributed by atoms with van der Waals surface area (Å²) in [7, 11) is 0. The molecule has 0 saturated heterocycles. The largest absolute Gasteiger partial charge is 0.282 e. The van der Waals surface area contributed by atoms with Gasteiger partial charge in [-0.2, -0.15) is 5.10 Å². The first kappa shape index (κ1) is 7.84. The molecule has 1 aliphatic rings. The van der Waals surface area contributed by atoms with E-state index in [9.17, 15) is 0 Å². The molecule has 2 rings (SSSR count). The van der Waals surface area contributed by atoms with E-state index >= 15 is 0 Å². The van der Waals surface area contributed by atoms with Crippen LogP contribution in [-0.2, 0) is 6.42 Å². The molecule has 12 heavy (non-hydrogen) atoms. The normalized spacial score (nSPS) is 18.8. The third kappa shape index (κ3) is 1.38. The van der Waals surface area contributed by atoms with Gasteiger partial charge in [-0.15, -0.1) is 0 Å². The van der Waals surface area contributed by atoms with Gasteiger partial charge in [0.25, 0.3) is 0 Å². The Hall–Kier alpha value is -0.790. The molecule has 1 N–H and O–H groups in total. The fourth-order valence-corrected chi connectivity index (χ4v) is 1.99. The second kappa shape index (κ2) is 3.30. The quantitative estimate of drug-likeness (QED) is 0.715. The maximum absolute atomic E-state index is 4.34. The third-order valence-electron chi connectivity index (χ3n) is 2.81. The molecule has 0 amide bonds. The Morgan fingerprint density at radius 1 is 1.50 bits per heavy atom. The van der Waals surface area contributed by atoms with Crippen molar-refractivity contribution >= 4 is 0 Å². The van der Waals surface area contributed by atoms with Crippen LogP contribution >= 0.6 is 0 Å². The summed E-state index contributed by atoms with van der Waals surface area (Å²) in [6.45, 7) is 2.16. The fourth-order valence-electron chi connectivity index (χ4n) is 1.99. The van der Waals surface area contributed by atoms with Crippen LogP contribution in [0.5, 0.6) is 0 Å². The van der Waals surface area contributed by atoms with Gasteiger partial charge in [0.15, 0.2) is 0 Å². The summed E-state index contributed by atoms with van der Waals surface area (Å²) < 4.78 is 0. The molecule has 0 aliphatic heterocycles. The van der Waals surface area contributed by atoms with Crippen molar-refractivity contribution < 1.29 is 0 Å². The number of nitrogens with one attached hydrogen (secondary N) is 1. The van der Waals surface area contributed by atoms with Gasteiger partial charge in [0.05, 0.1) is 5.69 Å². The van der Waals surface area contributed by atoms with Gasteiger partial charge < -0.3 is 0 Å². The van der Waals surface area contributed by atoms with Crippen LogP contribution in [0.2, 0.25) is 0 Å². The van der Waals surface area contributed by atoms with Gasteiger partial charge in [0, 0.05) is 11.6 Å². The Labute approximate surface area is 73.4 Å². The van der Waals surface area contributed by atoms with Crippen LogP contribution in [0.3, 0.4) is 0 Å². The first-order valence-electron chi connectivity index (χ1n) is 4.94. The van der Waals surface area contributed by atoms with Gasteiger partial charge in [-0.25, -0.2) is 0 Å². The second-order valence-corrected chi connectivity index (χ2v) is 3.65. The number of hydrogen-bond donors (Lipinski definition) is 1. The molecule has 1 saturated carbocycles. The molecule has 0 radical (unpaired) electrons. The Bertz CT molecular complexity index is 246. The number of H-pyrrole nitrogens is 1. The predicted molar refractivity (Wildman–Crippen MR) is 49.2 cm³/mol. The lowest BCUT2D eigenvalue weighted by molar-refractivity contribution is 0.693. The van der Waals surface area contributed by atoms with Gasteiger partial charge in [-0.3, -0.25) is 5.10 Å². The third-order valence-corrected chi connectivity index (χ3v) is 2.81. The van der Waals surface area contributed by atoms with Crippen molar-refractivity contribution in [1.82, 2.24) is 10.2 Å². The number of aromatic amines is 1. The van der Waals surface area contributed by atoms with Gasteiger partial charge in [0.2, 0.25) is 0 Å². The van der Waals surface area contributed by atoms with Crippen LogP contribution in [-0.4, -0.2) is 10.2 Å². The molecule has 1 aromatic rings. The van der Waals surface area contributed by atoms with Crippen LogP contribution in [0, 0.1) is 0 Å². The standard InChI is InChI=1S/C10H16N2/c1-2-9-7-10(12-11-9)8-5-3-4-6-8/h7-8H,2-6H2,1H3,(H,11,12). The average Bonchev–Trinajstić information content (AvgIpc) is 2.75. The van der Waals surface area contributed by atoms with Gasteiger partial charge in [-0.1, -0.05) is 19.8 Å². The van der Waals surface area contributed by atoms with Gasteiger partial charge in [0.1, 0.15) is 0 Å². The van der Waals surface area contributed by atoms with E-state index < -0.39 is 0 Å². The molecule has 1 aliphatic carbocycles. The van der Waals surface area contributed by atoms with Gasteiger partial charge >= 0.3 is 0 Å². The predicted octanol–water partition coefficient (Wildman–Crippen LogP) is 2.63. The zero-order chi connectivity index (χ0) is 8.39. The minimum absolute atomic E-state index is 0.751. The number of aromatic nitrogens is 2. The van der Waals surface area contributed by atoms with E-state index in [1.807, 2.05) is 0 Å². The number of hydrogen-bond acceptors (Lipinski definition) is 1. The average molecular weight is 164 g/mol. The summed E-state index contributed by atoms with van der Waals surface area (Å²) in [6, 6.07) is 2.23. The summed E-state index contributed by atoms with van der Waals surface area (Å²) in [5.74, 6) is 0.751. The zero-order valence-electron chi connectivity index (χ0n) is 7.64. The van der Waals surface area contributed by atoms with Crippen LogP contribution in [0.25, 0.3) is 0 Å². The molecule has 0 unspecified atom stereocenters. The maximum Gasteiger partial charge on any atom is 0.0655 e. The Balaban J connectivity index is 2.11. The number of rotatable bonds is 2. The van der Waals surface area contributed by atoms with E-state index in [-0.39, 0.29) is 0 Å². The van der Waals surface area contributed by atoms with Crippen molar-refractivity contribution in [2.24, 2.45) is 0 Å². The van der Waals surface area contributed by atoms with E-state index in [2.05, 4.69) is 23.2 Å². The Morgan fingerprint density at radius 3 is 2.83 bits per heavy atom. The van der Waals surface area contributed by atoms with Crippen LogP contribution in [0.1, 0.15) is 49.9 Å². The molecule has 0 aromatic carbocycles. The molecule has 1 aromatic heterocycles. The molecular formula is C10H16N2. The van der Waals surface area contributed by atoms with E-state index in [1.165, 1.54) is 37.1 Å². The van der Waals surface area contributed by atoms with Crippen molar-refractivity contribution in [1.29, 1.82) is 0 Å². The van der Waals surface area contributed by atoms with E-state index in [0.29, 0.717) is 0 Å². The van der Waals surface area contributed by atoms with Crippen molar-refractivity contribution in [3.05, 3.63) is 17.5 Å². The van der Waals surface area contributed by atoms with Crippen molar-refractivity contribution in [3.8, 4) is 0 Å². The highest BCUT2D eigenvalue weighted by Gasteiger charge is 2.19. The topological polar surface area (TPSA) is 28.7 Å². The molecule has 2 heteroatoms. The molecule has 0 spiro atoms. The second-order valence-electron chi connectivity index (χ2n) is 3.65. The lowest BCUT2D eigenvalue weighted by atomic mass is 10.0. The molecular weight excluding hydrogens is 148 g/mol. The zero-order valence-corrected chi connectivity index (χ0v) is 7.64. The van der Waals surface area contributed by atoms with Crippen molar-refractivity contribution in [2.75, 3.05) is 0 Å². The van der Waals surface area contributed by atoms with Crippen molar-refractivity contribution in [2.45, 2.75) is 44.9 Å². The Morgan fingerprint density at radius 2 is 2.25 bits per heavy atom. The highest BCUT2D eigenvalue weighted by Crippen LogP contribution is 2.32. The molecule has 1 heterocycles. The minimum Gasteiger partial charge on any atom is -0.282 e. The van der Waals surface area contributed by atoms with Gasteiger partial charge in [-0.05, 0) is 25.3 Å². The number of aryl methyl sites for hydroxylation is 1. The minimum atomic E-state index is 0.751. The first-order valence-corrected chi connectivity index (χ1v) is 4.94. The molecule has 0 bridgehead atoms. The highest BCUT2D eigenvalue weighted by atomic mass is 15.1. The highest BCUT2D eigenvalue weighted by molar-refractivity contribution is 5.13. The van der Waals surface area contributed by atoms with Crippen LogP contribution < -0.4 is 0 Å². The smallest absolute Gasteiger partial charge is 0.0655 e. The number of nitrogens with zero attached hydrogens (tertiary/aromatic N) is 1. The van der Waals surface area contributed by atoms with Crippen molar-refractivity contribution in [3.63, 3.8) is 0 Å². The lowest BCUT2D eigenvalue weighted by Gasteiger charge is -2.01. The van der Waals surface area contributed by atoms with E-state index in [0.717, 1.165) is 12.3 Å². The summed E-state index contributed by atoms with van der Waals surface area (Å²) in [5, 5.41) is 7.43. The SMILES string of the molecule is CCc1cc(C2CCCC2)n[nH]1. The maximum atomic E-state index is 4.34.